The van der Waals surface area contributed by atoms with Crippen LogP contribution in [0.2, 0.25) is 25.7 Å². The van der Waals surface area contributed by atoms with Crippen LogP contribution in [0.5, 0.6) is 5.88 Å². The lowest BCUT2D eigenvalue weighted by Gasteiger charge is -2.37. The third-order valence-corrected chi connectivity index (χ3v) is 11.2. The van der Waals surface area contributed by atoms with Crippen molar-refractivity contribution in [3.05, 3.63) is 53.2 Å². The maximum Gasteiger partial charge on any atom is 0.418 e. The summed E-state index contributed by atoms with van der Waals surface area (Å²) in [6, 6.07) is 5.09. The first-order valence-electron chi connectivity index (χ1n) is 15.7. The van der Waals surface area contributed by atoms with Gasteiger partial charge in [0, 0.05) is 32.6 Å². The number of ketones is 1. The number of terminal acetylenes is 1. The molecule has 14 heteroatoms. The van der Waals surface area contributed by atoms with Gasteiger partial charge in [0.15, 0.2) is 17.1 Å². The maximum atomic E-state index is 15.7. The topological polar surface area (TPSA) is 141 Å². The standard InChI is InChI=1S/C34H43FN4O7SSi/c1-10-21(2)45-28-19-36-25(18-37-28)26(40)16-22-11-12-24(35)23(15-22)33(6)27-17-34(27,29(41)42)47-30(38-33)39(31(43)46-32(3,4)5)20-44-13-14-48(7,8)9/h1,11-12,15,18-19,21,27H,13-14,16-17,20H2,2-9H3,(H,41,42)/t21-,27-,33+,34-/m0/s1. The van der Waals surface area contributed by atoms with E-state index in [0.717, 1.165) is 17.8 Å². The van der Waals surface area contributed by atoms with E-state index in [9.17, 15) is 19.5 Å². The molecule has 258 valence electrons. The van der Waals surface area contributed by atoms with Crippen LogP contribution in [-0.4, -0.2) is 80.9 Å². The zero-order valence-corrected chi connectivity index (χ0v) is 30.4. The van der Waals surface area contributed by atoms with Gasteiger partial charge in [-0.3, -0.25) is 14.6 Å². The van der Waals surface area contributed by atoms with Crippen molar-refractivity contribution in [2.75, 3.05) is 13.3 Å². The molecule has 0 bridgehead atoms. The monoisotopic (exact) mass is 698 g/mol. The Morgan fingerprint density at radius 3 is 2.52 bits per heavy atom. The number of hydrogen-bond donors (Lipinski definition) is 1. The minimum absolute atomic E-state index is 0.0634. The maximum absolute atomic E-state index is 15.7. The van der Waals surface area contributed by atoms with Gasteiger partial charge < -0.3 is 19.3 Å². The van der Waals surface area contributed by atoms with E-state index in [0.29, 0.717) is 12.2 Å². The Balaban J connectivity index is 1.67. The van der Waals surface area contributed by atoms with Crippen molar-refractivity contribution in [1.29, 1.82) is 0 Å². The number of halogens is 1. The average Bonchev–Trinajstić information content (AvgIpc) is 3.74. The van der Waals surface area contributed by atoms with Crippen molar-refractivity contribution in [3.63, 3.8) is 0 Å². The minimum Gasteiger partial charge on any atom is -0.480 e. The summed E-state index contributed by atoms with van der Waals surface area (Å²) in [7, 11) is -1.45. The molecule has 0 radical (unpaired) electrons. The van der Waals surface area contributed by atoms with Crippen LogP contribution >= 0.6 is 11.8 Å². The first-order valence-corrected chi connectivity index (χ1v) is 20.2. The molecule has 0 unspecified atom stereocenters. The molecule has 2 aromatic rings. The highest BCUT2D eigenvalue weighted by atomic mass is 32.2. The number of aliphatic imine (C=N–C) groups is 1. The number of carbonyl (C=O) groups excluding carboxylic acids is 2. The van der Waals surface area contributed by atoms with Crippen molar-refractivity contribution < 1.29 is 38.1 Å². The SMILES string of the molecule is C#C[C@H](C)Oc1cnc(C(=O)Cc2ccc(F)c([C@@]3(C)N=C(N(COCC[Si](C)(C)C)C(=O)OC(C)(C)C)S[C@@]4(C(=O)O)C[C@H]43)c2)cn1. The number of aromatic nitrogens is 2. The van der Waals surface area contributed by atoms with Gasteiger partial charge in [0.25, 0.3) is 0 Å². The third-order valence-electron chi connectivity index (χ3n) is 8.00. The summed E-state index contributed by atoms with van der Waals surface area (Å²) >= 11 is 0.954. The van der Waals surface area contributed by atoms with Crippen LogP contribution in [0.3, 0.4) is 0 Å². The van der Waals surface area contributed by atoms with Gasteiger partial charge in [0.2, 0.25) is 5.88 Å². The van der Waals surface area contributed by atoms with Gasteiger partial charge in [-0.05, 0) is 64.8 Å². The molecular formula is C34H43FN4O7SSi. The molecule has 1 aliphatic heterocycles. The Morgan fingerprint density at radius 2 is 1.94 bits per heavy atom. The molecule has 1 aromatic carbocycles. The zero-order valence-electron chi connectivity index (χ0n) is 28.6. The van der Waals surface area contributed by atoms with Crippen LogP contribution in [0.25, 0.3) is 0 Å². The van der Waals surface area contributed by atoms with E-state index in [1.165, 1.54) is 35.5 Å². The predicted molar refractivity (Wildman–Crippen MR) is 183 cm³/mol. The number of nitrogens with zero attached hydrogens (tertiary/aromatic N) is 4. The summed E-state index contributed by atoms with van der Waals surface area (Å²) in [6.07, 6.45) is 6.70. The van der Waals surface area contributed by atoms with Crippen molar-refractivity contribution >= 4 is 42.8 Å². The quantitative estimate of drug-likeness (QED) is 0.0902. The molecular weight excluding hydrogens is 656 g/mol. The number of aliphatic carboxylic acids is 1. The predicted octanol–water partition coefficient (Wildman–Crippen LogP) is 6.15. The Bertz CT molecular complexity index is 1640. The number of carboxylic acids is 1. The summed E-state index contributed by atoms with van der Waals surface area (Å²) in [5, 5.41) is 10.5. The fourth-order valence-corrected chi connectivity index (χ4v) is 7.50. The molecule has 4 rings (SSSR count). The molecule has 1 aliphatic carbocycles. The number of rotatable bonds is 12. The third kappa shape index (κ3) is 8.61. The van der Waals surface area contributed by atoms with E-state index in [1.54, 1.807) is 34.6 Å². The van der Waals surface area contributed by atoms with Crippen LogP contribution in [0.4, 0.5) is 9.18 Å². The highest BCUT2D eigenvalue weighted by Gasteiger charge is 2.72. The number of ether oxygens (including phenoxy) is 3. The van der Waals surface area contributed by atoms with Gasteiger partial charge in [-0.1, -0.05) is 43.4 Å². The Labute approximate surface area is 286 Å². The number of benzene rings is 1. The lowest BCUT2D eigenvalue weighted by Crippen LogP contribution is -2.47. The molecule has 1 fully saturated rings. The van der Waals surface area contributed by atoms with Crippen molar-refractivity contribution in [2.24, 2.45) is 10.9 Å². The van der Waals surface area contributed by atoms with Crippen LogP contribution in [-0.2, 0) is 26.2 Å². The largest absolute Gasteiger partial charge is 0.480 e. The minimum atomic E-state index is -1.45. The molecule has 0 saturated heterocycles. The fraction of sp³-hybridized carbons (Fsp3) is 0.529. The average molecular weight is 699 g/mol. The van der Waals surface area contributed by atoms with Crippen molar-refractivity contribution in [1.82, 2.24) is 14.9 Å². The molecule has 1 aromatic heterocycles. The molecule has 1 saturated carbocycles. The van der Waals surface area contributed by atoms with Gasteiger partial charge in [0.1, 0.15) is 28.6 Å². The number of amidine groups is 1. The first kappa shape index (κ1) is 37.0. The first-order chi connectivity index (χ1) is 22.3. The second-order valence-corrected chi connectivity index (χ2v) is 21.4. The van der Waals surface area contributed by atoms with E-state index in [4.69, 9.17) is 25.6 Å². The van der Waals surface area contributed by atoms with Crippen molar-refractivity contribution in [2.45, 2.75) is 95.1 Å². The number of carbonyl (C=O) groups is 3. The number of thioether (sulfide) groups is 1. The van der Waals surface area contributed by atoms with Crippen LogP contribution in [0, 0.1) is 24.1 Å². The number of Topliss-reactive ketones (excluding diaryl/α,β-unsaturated/α-hetero) is 1. The summed E-state index contributed by atoms with van der Waals surface area (Å²) < 4.78 is 31.4. The van der Waals surface area contributed by atoms with E-state index in [-0.39, 0.29) is 47.7 Å². The van der Waals surface area contributed by atoms with Gasteiger partial charge >= 0.3 is 12.1 Å². The van der Waals surface area contributed by atoms with Gasteiger partial charge in [0.05, 0.1) is 17.9 Å². The molecule has 48 heavy (non-hydrogen) atoms. The van der Waals surface area contributed by atoms with Crippen LogP contribution in [0.15, 0.2) is 35.6 Å². The number of carboxylic acid groups (broad SMARTS) is 1. The number of amides is 1. The van der Waals surface area contributed by atoms with Crippen LogP contribution < -0.4 is 4.74 Å². The highest BCUT2D eigenvalue weighted by molar-refractivity contribution is 8.15. The van der Waals surface area contributed by atoms with Gasteiger partial charge in [-0.25, -0.2) is 24.1 Å². The number of hydrogen-bond acceptors (Lipinski definition) is 10. The van der Waals surface area contributed by atoms with E-state index >= 15 is 4.39 Å². The molecule has 1 amide bonds. The normalized spacial score (nSPS) is 22.4. The Kier molecular flexibility index (Phi) is 10.8. The Morgan fingerprint density at radius 1 is 1.23 bits per heavy atom. The lowest BCUT2D eigenvalue weighted by molar-refractivity contribution is -0.137. The number of fused-ring (bicyclic) bond motifs is 1. The fourth-order valence-electron chi connectivity index (χ4n) is 5.24. The molecule has 0 spiro atoms. The molecule has 4 atom stereocenters. The van der Waals surface area contributed by atoms with E-state index in [2.05, 4.69) is 35.5 Å². The van der Waals surface area contributed by atoms with Gasteiger partial charge in [-0.15, -0.1) is 6.42 Å². The second kappa shape index (κ2) is 14.0. The molecule has 2 aliphatic rings. The molecule has 11 nitrogen and oxygen atoms in total. The highest BCUT2D eigenvalue weighted by Crippen LogP contribution is 2.66. The van der Waals surface area contributed by atoms with Crippen molar-refractivity contribution in [3.8, 4) is 18.2 Å². The molecule has 1 N–H and O–H groups in total. The Hall–Kier alpha value is -3.80. The lowest BCUT2D eigenvalue weighted by atomic mass is 9.84. The molecule has 2 heterocycles. The van der Waals surface area contributed by atoms with Crippen LogP contribution in [0.1, 0.15) is 62.7 Å². The summed E-state index contributed by atoms with van der Waals surface area (Å²) in [6.45, 7) is 15.3. The second-order valence-electron chi connectivity index (χ2n) is 14.4. The van der Waals surface area contributed by atoms with Gasteiger partial charge in [-0.2, -0.15) is 0 Å². The summed E-state index contributed by atoms with van der Waals surface area (Å²) in [5.41, 5.74) is -1.59. The van der Waals surface area contributed by atoms with E-state index in [1.807, 2.05) is 0 Å². The smallest absolute Gasteiger partial charge is 0.418 e. The summed E-state index contributed by atoms with van der Waals surface area (Å²) in [4.78, 5) is 53.7. The zero-order chi connectivity index (χ0) is 35.7. The summed E-state index contributed by atoms with van der Waals surface area (Å²) in [5.74, 6) is -0.0784. The van der Waals surface area contributed by atoms with E-state index < -0.39 is 53.9 Å².